The van der Waals surface area contributed by atoms with Crippen molar-refractivity contribution in [3.8, 4) is 11.5 Å². The van der Waals surface area contributed by atoms with Crippen LogP contribution in [0.15, 0.2) is 75.7 Å². The van der Waals surface area contributed by atoms with Crippen molar-refractivity contribution < 1.29 is 19.0 Å². The quantitative estimate of drug-likeness (QED) is 0.206. The average molecular weight is 575 g/mol. The first-order valence-electron chi connectivity index (χ1n) is 14.1. The molecule has 0 aliphatic carbocycles. The summed E-state index contributed by atoms with van der Waals surface area (Å²) >= 11 is 1.29. The van der Waals surface area contributed by atoms with Gasteiger partial charge in [0, 0.05) is 0 Å². The minimum Gasteiger partial charge on any atom is -0.493 e. The summed E-state index contributed by atoms with van der Waals surface area (Å²) in [6.45, 7) is 8.75. The molecule has 0 saturated carbocycles. The molecule has 216 valence electrons. The number of benzene rings is 2. The number of hydrogen-bond acceptors (Lipinski definition) is 7. The molecule has 1 aliphatic rings. The molecular formula is C33H38N2O5S. The standard InChI is InChI=1S/C33H38N2O5S/c1-6-7-11-19-39-26-18-17-25(20-27(26)38-5)30-29(32(37)40-21-22(2)3)23(4)34-33-35(30)31(36)28(41-33)16-12-15-24-13-9-8-10-14-24/h8-10,12-18,20,22,30H,6-7,11,19,21H2,1-5H3. The highest BCUT2D eigenvalue weighted by atomic mass is 32.1. The number of ether oxygens (including phenoxy) is 3. The Bertz CT molecular complexity index is 1600. The summed E-state index contributed by atoms with van der Waals surface area (Å²) in [4.78, 5) is 32.5. The molecule has 0 fully saturated rings. The summed E-state index contributed by atoms with van der Waals surface area (Å²) in [5, 5.41) is 0. The van der Waals surface area contributed by atoms with Crippen molar-refractivity contribution in [2.24, 2.45) is 10.9 Å². The van der Waals surface area contributed by atoms with E-state index in [4.69, 9.17) is 14.2 Å². The summed E-state index contributed by atoms with van der Waals surface area (Å²) < 4.78 is 19.4. The first-order valence-corrected chi connectivity index (χ1v) is 14.9. The van der Waals surface area contributed by atoms with E-state index in [0.717, 1.165) is 24.8 Å². The molecule has 0 N–H and O–H groups in total. The minimum absolute atomic E-state index is 0.167. The number of fused-ring (bicyclic) bond motifs is 1. The molecule has 1 aliphatic heterocycles. The molecule has 0 saturated heterocycles. The Labute approximate surface area is 245 Å². The fraction of sp³-hybridized carbons (Fsp3) is 0.364. The van der Waals surface area contributed by atoms with Crippen molar-refractivity contribution in [3.63, 3.8) is 0 Å². The SMILES string of the molecule is CCCCCOc1ccc(C2C(C(=O)OCC(C)C)=C(C)N=c3sc(=CC=Cc4ccccc4)c(=O)n32)cc1OC. The van der Waals surface area contributed by atoms with Crippen LogP contribution in [0.1, 0.15) is 64.1 Å². The lowest BCUT2D eigenvalue weighted by molar-refractivity contribution is -0.140. The molecule has 7 nitrogen and oxygen atoms in total. The predicted octanol–water partition coefficient (Wildman–Crippen LogP) is 5.68. The number of rotatable bonds is 12. The van der Waals surface area contributed by atoms with Crippen molar-refractivity contribution in [2.75, 3.05) is 20.3 Å². The summed E-state index contributed by atoms with van der Waals surface area (Å²) in [5.74, 6) is 0.842. The number of hydrogen-bond donors (Lipinski definition) is 0. The second-order valence-electron chi connectivity index (χ2n) is 10.3. The van der Waals surface area contributed by atoms with Crippen molar-refractivity contribution in [2.45, 2.75) is 53.0 Å². The van der Waals surface area contributed by atoms with Crippen LogP contribution in [0.5, 0.6) is 11.5 Å². The van der Waals surface area contributed by atoms with Gasteiger partial charge in [-0.2, -0.15) is 0 Å². The van der Waals surface area contributed by atoms with Gasteiger partial charge in [-0.05, 0) is 48.6 Å². The van der Waals surface area contributed by atoms with Crippen molar-refractivity contribution in [1.82, 2.24) is 4.57 Å². The molecule has 0 bridgehead atoms. The van der Waals surface area contributed by atoms with E-state index in [1.54, 1.807) is 24.7 Å². The second-order valence-corrected chi connectivity index (χ2v) is 11.3. The highest BCUT2D eigenvalue weighted by molar-refractivity contribution is 7.07. The number of esters is 1. The van der Waals surface area contributed by atoms with Crippen molar-refractivity contribution in [3.05, 3.63) is 96.7 Å². The monoisotopic (exact) mass is 574 g/mol. The maximum atomic E-state index is 13.8. The zero-order valence-electron chi connectivity index (χ0n) is 24.4. The van der Waals surface area contributed by atoms with Gasteiger partial charge in [-0.1, -0.05) is 93.5 Å². The van der Waals surface area contributed by atoms with E-state index in [1.165, 1.54) is 11.3 Å². The van der Waals surface area contributed by atoms with Gasteiger partial charge >= 0.3 is 5.97 Å². The Morgan fingerprint density at radius 2 is 1.90 bits per heavy atom. The van der Waals surface area contributed by atoms with E-state index in [0.29, 0.717) is 44.3 Å². The van der Waals surface area contributed by atoms with Crippen LogP contribution in [0.3, 0.4) is 0 Å². The topological polar surface area (TPSA) is 79.1 Å². The van der Waals surface area contributed by atoms with Gasteiger partial charge in [0.05, 0.1) is 42.2 Å². The number of carbonyl (C=O) groups excluding carboxylic acids is 1. The summed E-state index contributed by atoms with van der Waals surface area (Å²) in [6, 6.07) is 14.7. The van der Waals surface area contributed by atoms with Gasteiger partial charge in [0.25, 0.3) is 5.56 Å². The van der Waals surface area contributed by atoms with Crippen LogP contribution in [0.4, 0.5) is 0 Å². The van der Waals surface area contributed by atoms with Gasteiger partial charge in [-0.25, -0.2) is 9.79 Å². The first-order chi connectivity index (χ1) is 19.8. The number of allylic oxidation sites excluding steroid dienone is 2. The van der Waals surface area contributed by atoms with Crippen LogP contribution >= 0.6 is 11.3 Å². The van der Waals surface area contributed by atoms with Crippen LogP contribution in [-0.2, 0) is 9.53 Å². The van der Waals surface area contributed by atoms with E-state index in [-0.39, 0.29) is 18.1 Å². The molecule has 0 amide bonds. The Hall–Kier alpha value is -3.91. The number of methoxy groups -OCH3 is 1. The smallest absolute Gasteiger partial charge is 0.338 e. The highest BCUT2D eigenvalue weighted by Crippen LogP contribution is 2.36. The Morgan fingerprint density at radius 1 is 1.12 bits per heavy atom. The van der Waals surface area contributed by atoms with Crippen LogP contribution in [0.25, 0.3) is 12.2 Å². The molecule has 4 rings (SSSR count). The van der Waals surface area contributed by atoms with Gasteiger partial charge in [-0.3, -0.25) is 9.36 Å². The largest absolute Gasteiger partial charge is 0.493 e. The number of thiazole rings is 1. The van der Waals surface area contributed by atoms with Gasteiger partial charge in [0.1, 0.15) is 0 Å². The molecule has 2 aromatic carbocycles. The summed E-state index contributed by atoms with van der Waals surface area (Å²) in [6.07, 6.45) is 8.73. The van der Waals surface area contributed by atoms with E-state index < -0.39 is 12.0 Å². The Morgan fingerprint density at radius 3 is 2.61 bits per heavy atom. The van der Waals surface area contributed by atoms with E-state index >= 15 is 0 Å². The van der Waals surface area contributed by atoms with Crippen LogP contribution in [-0.4, -0.2) is 30.9 Å². The zero-order chi connectivity index (χ0) is 29.4. The Balaban J connectivity index is 1.79. The molecule has 3 aromatic rings. The van der Waals surface area contributed by atoms with E-state index in [9.17, 15) is 9.59 Å². The second kappa shape index (κ2) is 14.1. The molecule has 2 heterocycles. The lowest BCUT2D eigenvalue weighted by Gasteiger charge is -2.25. The number of aromatic nitrogens is 1. The maximum Gasteiger partial charge on any atom is 0.338 e. The third kappa shape index (κ3) is 7.24. The zero-order valence-corrected chi connectivity index (χ0v) is 25.2. The Kier molecular flexibility index (Phi) is 10.4. The number of carbonyl (C=O) groups is 1. The molecule has 0 spiro atoms. The highest BCUT2D eigenvalue weighted by Gasteiger charge is 2.34. The lowest BCUT2D eigenvalue weighted by Crippen LogP contribution is -2.40. The van der Waals surface area contributed by atoms with Gasteiger partial charge in [0.15, 0.2) is 16.3 Å². The number of unbranched alkanes of at least 4 members (excludes halogenated alkanes) is 2. The molecule has 8 heteroatoms. The predicted molar refractivity (Wildman–Crippen MR) is 164 cm³/mol. The summed E-state index contributed by atoms with van der Waals surface area (Å²) in [5.41, 5.74) is 2.38. The first kappa shape index (κ1) is 30.1. The van der Waals surface area contributed by atoms with Gasteiger partial charge in [-0.15, -0.1) is 0 Å². The molecule has 1 aromatic heterocycles. The average Bonchev–Trinajstić information content (AvgIpc) is 3.28. The maximum absolute atomic E-state index is 13.8. The molecule has 0 radical (unpaired) electrons. The minimum atomic E-state index is -0.728. The molecular weight excluding hydrogens is 536 g/mol. The third-order valence-corrected chi connectivity index (χ3v) is 7.64. The van der Waals surface area contributed by atoms with Crippen LogP contribution in [0, 0.1) is 5.92 Å². The summed E-state index contributed by atoms with van der Waals surface area (Å²) in [7, 11) is 1.58. The van der Waals surface area contributed by atoms with Crippen LogP contribution < -0.4 is 24.4 Å². The van der Waals surface area contributed by atoms with E-state index in [1.807, 2.05) is 74.5 Å². The van der Waals surface area contributed by atoms with Crippen LogP contribution in [0.2, 0.25) is 0 Å². The fourth-order valence-electron chi connectivity index (χ4n) is 4.55. The fourth-order valence-corrected chi connectivity index (χ4v) is 5.55. The van der Waals surface area contributed by atoms with E-state index in [2.05, 4.69) is 11.9 Å². The van der Waals surface area contributed by atoms with Gasteiger partial charge in [0.2, 0.25) is 0 Å². The molecule has 1 unspecified atom stereocenters. The normalized spacial score (nSPS) is 15.3. The van der Waals surface area contributed by atoms with Crippen molar-refractivity contribution in [1.29, 1.82) is 0 Å². The van der Waals surface area contributed by atoms with Crippen molar-refractivity contribution >= 4 is 29.5 Å². The molecule has 1 atom stereocenters. The molecule has 41 heavy (non-hydrogen) atoms. The number of nitrogens with zero attached hydrogens (tertiary/aromatic N) is 2. The lowest BCUT2D eigenvalue weighted by atomic mass is 9.95. The third-order valence-electron chi connectivity index (χ3n) is 6.63. The van der Waals surface area contributed by atoms with Gasteiger partial charge < -0.3 is 14.2 Å².